The van der Waals surface area contributed by atoms with Crippen molar-refractivity contribution >= 4 is 11.8 Å². The van der Waals surface area contributed by atoms with Gasteiger partial charge < -0.3 is 16.4 Å². The molecule has 21 heavy (non-hydrogen) atoms. The van der Waals surface area contributed by atoms with Crippen LogP contribution in [0, 0.1) is 11.3 Å². The van der Waals surface area contributed by atoms with Gasteiger partial charge in [-0.15, -0.1) is 0 Å². The average Bonchev–Trinajstić information content (AvgIpc) is 2.45. The molecule has 1 saturated carbocycles. The Morgan fingerprint density at radius 3 is 2.29 bits per heavy atom. The molecule has 0 aromatic rings. The molecule has 1 aliphatic carbocycles. The van der Waals surface area contributed by atoms with Crippen LogP contribution in [0.1, 0.15) is 59.3 Å². The summed E-state index contributed by atoms with van der Waals surface area (Å²) in [6.07, 6.45) is 6.00. The van der Waals surface area contributed by atoms with Crippen LogP contribution in [0.25, 0.3) is 0 Å². The molecule has 1 atom stereocenters. The second kappa shape index (κ2) is 8.37. The van der Waals surface area contributed by atoms with E-state index >= 15 is 0 Å². The maximum absolute atomic E-state index is 12.2. The fraction of sp³-hybridized carbons (Fsp3) is 0.875. The zero-order chi connectivity index (χ0) is 15.9. The number of carbonyl (C=O) groups excluding carboxylic acids is 2. The summed E-state index contributed by atoms with van der Waals surface area (Å²) < 4.78 is 0. The van der Waals surface area contributed by atoms with Crippen molar-refractivity contribution in [2.45, 2.75) is 65.3 Å². The number of rotatable bonds is 7. The maximum Gasteiger partial charge on any atom is 0.242 e. The molecule has 5 nitrogen and oxygen atoms in total. The van der Waals surface area contributed by atoms with Gasteiger partial charge in [-0.3, -0.25) is 9.59 Å². The van der Waals surface area contributed by atoms with Gasteiger partial charge in [-0.25, -0.2) is 0 Å². The van der Waals surface area contributed by atoms with Gasteiger partial charge in [-0.05, 0) is 37.6 Å². The van der Waals surface area contributed by atoms with Crippen LogP contribution in [0.2, 0.25) is 0 Å². The summed E-state index contributed by atoms with van der Waals surface area (Å²) in [5.41, 5.74) is 5.84. The molecule has 1 aliphatic rings. The van der Waals surface area contributed by atoms with E-state index in [0.717, 1.165) is 25.7 Å². The molecule has 0 heterocycles. The predicted molar refractivity (Wildman–Crippen MR) is 84.6 cm³/mol. The standard InChI is InChI=1S/C16H31N3O2/c1-12(2)10-18-15(21)13(3)19-14(20)9-16(11-17)7-5-4-6-8-16/h12-13H,4-11,17H2,1-3H3,(H,18,21)(H,19,20). The second-order valence-electron chi connectivity index (χ2n) is 6.87. The SMILES string of the molecule is CC(C)CNC(=O)C(C)NC(=O)CC1(CN)CCCCC1. The monoisotopic (exact) mass is 297 g/mol. The summed E-state index contributed by atoms with van der Waals surface area (Å²) in [7, 11) is 0. The van der Waals surface area contributed by atoms with Crippen LogP contribution in [0.15, 0.2) is 0 Å². The molecule has 0 spiro atoms. The first-order chi connectivity index (χ1) is 9.88. The van der Waals surface area contributed by atoms with Crippen LogP contribution < -0.4 is 16.4 Å². The lowest BCUT2D eigenvalue weighted by atomic mass is 9.71. The lowest BCUT2D eigenvalue weighted by molar-refractivity contribution is -0.130. The number of nitrogens with two attached hydrogens (primary N) is 1. The summed E-state index contributed by atoms with van der Waals surface area (Å²) in [5, 5.41) is 5.64. The van der Waals surface area contributed by atoms with E-state index in [1.807, 2.05) is 13.8 Å². The van der Waals surface area contributed by atoms with Crippen molar-refractivity contribution in [2.75, 3.05) is 13.1 Å². The van der Waals surface area contributed by atoms with Crippen molar-refractivity contribution in [1.82, 2.24) is 10.6 Å². The van der Waals surface area contributed by atoms with Gasteiger partial charge in [0.2, 0.25) is 11.8 Å². The van der Waals surface area contributed by atoms with E-state index in [4.69, 9.17) is 5.73 Å². The molecule has 0 aliphatic heterocycles. The van der Waals surface area contributed by atoms with Crippen molar-refractivity contribution in [3.05, 3.63) is 0 Å². The van der Waals surface area contributed by atoms with Crippen LogP contribution in [0.5, 0.6) is 0 Å². The fourth-order valence-corrected chi connectivity index (χ4v) is 2.91. The van der Waals surface area contributed by atoms with Crippen molar-refractivity contribution < 1.29 is 9.59 Å². The molecule has 4 N–H and O–H groups in total. The van der Waals surface area contributed by atoms with Crippen molar-refractivity contribution in [2.24, 2.45) is 17.1 Å². The van der Waals surface area contributed by atoms with E-state index in [-0.39, 0.29) is 17.2 Å². The minimum atomic E-state index is -0.491. The molecule has 0 radical (unpaired) electrons. The number of hydrogen-bond acceptors (Lipinski definition) is 3. The van der Waals surface area contributed by atoms with Gasteiger partial charge in [0.1, 0.15) is 6.04 Å². The summed E-state index contributed by atoms with van der Waals surface area (Å²) >= 11 is 0. The first-order valence-electron chi connectivity index (χ1n) is 8.16. The second-order valence-corrected chi connectivity index (χ2v) is 6.87. The fourth-order valence-electron chi connectivity index (χ4n) is 2.91. The molecule has 0 aromatic carbocycles. The summed E-state index contributed by atoms with van der Waals surface area (Å²) in [6, 6.07) is -0.491. The maximum atomic E-state index is 12.2. The van der Waals surface area contributed by atoms with E-state index < -0.39 is 6.04 Å². The third-order valence-electron chi connectivity index (χ3n) is 4.34. The molecule has 2 amide bonds. The molecular weight excluding hydrogens is 266 g/mol. The van der Waals surface area contributed by atoms with Crippen LogP contribution in [0.3, 0.4) is 0 Å². The van der Waals surface area contributed by atoms with Crippen LogP contribution >= 0.6 is 0 Å². The van der Waals surface area contributed by atoms with Crippen LogP contribution in [-0.4, -0.2) is 30.9 Å². The van der Waals surface area contributed by atoms with Gasteiger partial charge in [-0.1, -0.05) is 33.1 Å². The van der Waals surface area contributed by atoms with Gasteiger partial charge in [0.05, 0.1) is 0 Å². The minimum absolute atomic E-state index is 0.0591. The highest BCUT2D eigenvalue weighted by molar-refractivity contribution is 5.87. The molecule has 0 aromatic heterocycles. The highest BCUT2D eigenvalue weighted by atomic mass is 16.2. The number of hydrogen-bond donors (Lipinski definition) is 3. The van der Waals surface area contributed by atoms with Gasteiger partial charge in [0.15, 0.2) is 0 Å². The molecule has 5 heteroatoms. The van der Waals surface area contributed by atoms with Crippen molar-refractivity contribution in [3.8, 4) is 0 Å². The first kappa shape index (κ1) is 18.0. The molecular formula is C16H31N3O2. The van der Waals surface area contributed by atoms with E-state index in [1.165, 1.54) is 6.42 Å². The van der Waals surface area contributed by atoms with Gasteiger partial charge in [0, 0.05) is 13.0 Å². The van der Waals surface area contributed by atoms with E-state index in [9.17, 15) is 9.59 Å². The van der Waals surface area contributed by atoms with Crippen LogP contribution in [-0.2, 0) is 9.59 Å². The lowest BCUT2D eigenvalue weighted by Crippen LogP contribution is -2.47. The Morgan fingerprint density at radius 2 is 1.76 bits per heavy atom. The van der Waals surface area contributed by atoms with Crippen molar-refractivity contribution in [1.29, 1.82) is 0 Å². The summed E-state index contributed by atoms with van der Waals surface area (Å²) in [4.78, 5) is 24.1. The molecule has 122 valence electrons. The molecule has 1 unspecified atom stereocenters. The Bertz CT molecular complexity index is 349. The Kier molecular flexibility index (Phi) is 7.15. The number of amides is 2. The topological polar surface area (TPSA) is 84.2 Å². The third-order valence-corrected chi connectivity index (χ3v) is 4.34. The molecule has 0 bridgehead atoms. The molecule has 1 rings (SSSR count). The minimum Gasteiger partial charge on any atom is -0.354 e. The normalized spacial score (nSPS) is 19.1. The van der Waals surface area contributed by atoms with Crippen LogP contribution in [0.4, 0.5) is 0 Å². The average molecular weight is 297 g/mol. The van der Waals surface area contributed by atoms with E-state index in [0.29, 0.717) is 25.4 Å². The number of carbonyl (C=O) groups is 2. The first-order valence-corrected chi connectivity index (χ1v) is 8.16. The Morgan fingerprint density at radius 1 is 1.14 bits per heavy atom. The van der Waals surface area contributed by atoms with E-state index in [1.54, 1.807) is 6.92 Å². The molecule has 0 saturated heterocycles. The largest absolute Gasteiger partial charge is 0.354 e. The Labute approximate surface area is 128 Å². The zero-order valence-corrected chi connectivity index (χ0v) is 13.7. The Hall–Kier alpha value is -1.10. The Balaban J connectivity index is 2.42. The quantitative estimate of drug-likeness (QED) is 0.667. The zero-order valence-electron chi connectivity index (χ0n) is 13.7. The summed E-state index contributed by atoms with van der Waals surface area (Å²) in [6.45, 7) is 6.99. The predicted octanol–water partition coefficient (Wildman–Crippen LogP) is 1.56. The third kappa shape index (κ3) is 6.04. The molecule has 1 fully saturated rings. The van der Waals surface area contributed by atoms with Gasteiger partial charge in [0.25, 0.3) is 0 Å². The van der Waals surface area contributed by atoms with Gasteiger partial charge >= 0.3 is 0 Å². The van der Waals surface area contributed by atoms with Crippen molar-refractivity contribution in [3.63, 3.8) is 0 Å². The smallest absolute Gasteiger partial charge is 0.242 e. The van der Waals surface area contributed by atoms with Gasteiger partial charge in [-0.2, -0.15) is 0 Å². The number of nitrogens with one attached hydrogen (secondary N) is 2. The highest BCUT2D eigenvalue weighted by Gasteiger charge is 2.33. The van der Waals surface area contributed by atoms with E-state index in [2.05, 4.69) is 10.6 Å². The lowest BCUT2D eigenvalue weighted by Gasteiger charge is -2.35. The highest BCUT2D eigenvalue weighted by Crippen LogP contribution is 2.38. The summed E-state index contributed by atoms with van der Waals surface area (Å²) in [5.74, 6) is 0.219.